The van der Waals surface area contributed by atoms with Crippen LogP contribution in [-0.2, 0) is 21.3 Å². The standard InChI is InChI=1S/C17H16N2O7S2/c20-16(21)8-15-19-13(9-27-15)12-6-10-2-3-11(7-14(10)26-17(12)22)18-4-1-5-28(23,24)25/h2-3,6-7,9,18H,1,4-5,8H2,(H,20,21)(H,23,24,25). The number of thiazole rings is 1. The quantitative estimate of drug-likeness (QED) is 0.281. The van der Waals surface area contributed by atoms with Crippen molar-refractivity contribution in [2.24, 2.45) is 0 Å². The number of carbonyl (C=O) groups is 1. The van der Waals surface area contributed by atoms with Gasteiger partial charge in [0.1, 0.15) is 10.6 Å². The summed E-state index contributed by atoms with van der Waals surface area (Å²) in [7, 11) is -3.99. The number of aromatic nitrogens is 1. The zero-order valence-electron chi connectivity index (χ0n) is 14.4. The Morgan fingerprint density at radius 1 is 1.29 bits per heavy atom. The molecule has 0 radical (unpaired) electrons. The largest absolute Gasteiger partial charge is 0.481 e. The van der Waals surface area contributed by atoms with Crippen LogP contribution in [-0.4, -0.2) is 41.3 Å². The van der Waals surface area contributed by atoms with Crippen LogP contribution in [0.25, 0.3) is 22.2 Å². The maximum Gasteiger partial charge on any atom is 0.345 e. The lowest BCUT2D eigenvalue weighted by Gasteiger charge is -2.07. The molecular weight excluding hydrogens is 408 g/mol. The Morgan fingerprint density at radius 2 is 2.07 bits per heavy atom. The van der Waals surface area contributed by atoms with E-state index in [1.54, 1.807) is 29.6 Å². The van der Waals surface area contributed by atoms with Crippen LogP contribution in [0, 0.1) is 0 Å². The molecule has 11 heteroatoms. The lowest BCUT2D eigenvalue weighted by molar-refractivity contribution is -0.136. The second kappa shape index (κ2) is 8.09. The van der Waals surface area contributed by atoms with Crippen LogP contribution in [0.5, 0.6) is 0 Å². The van der Waals surface area contributed by atoms with E-state index in [4.69, 9.17) is 14.1 Å². The number of nitrogens with one attached hydrogen (secondary N) is 1. The molecular formula is C17H16N2O7S2. The van der Waals surface area contributed by atoms with Crippen LogP contribution in [0.1, 0.15) is 11.4 Å². The molecule has 1 aromatic carbocycles. The predicted octanol–water partition coefficient (Wildman–Crippen LogP) is 2.23. The van der Waals surface area contributed by atoms with Gasteiger partial charge < -0.3 is 14.8 Å². The molecule has 0 amide bonds. The third kappa shape index (κ3) is 5.15. The van der Waals surface area contributed by atoms with E-state index in [1.807, 2.05) is 0 Å². The number of aliphatic carboxylic acids is 1. The molecule has 2 heterocycles. The van der Waals surface area contributed by atoms with E-state index in [-0.39, 0.29) is 24.2 Å². The molecule has 28 heavy (non-hydrogen) atoms. The zero-order valence-corrected chi connectivity index (χ0v) is 16.0. The van der Waals surface area contributed by atoms with Crippen LogP contribution >= 0.6 is 11.3 Å². The lowest BCUT2D eigenvalue weighted by atomic mass is 10.1. The van der Waals surface area contributed by atoms with Crippen molar-refractivity contribution in [1.82, 2.24) is 4.98 Å². The maximum atomic E-state index is 12.3. The summed E-state index contributed by atoms with van der Waals surface area (Å²) in [5, 5.41) is 14.5. The third-order valence-electron chi connectivity index (χ3n) is 3.77. The first-order valence-electron chi connectivity index (χ1n) is 8.15. The second-order valence-corrected chi connectivity index (χ2v) is 8.48. The molecule has 0 aliphatic heterocycles. The normalized spacial score (nSPS) is 11.6. The number of carboxylic acid groups (broad SMARTS) is 1. The molecule has 0 spiro atoms. The lowest BCUT2D eigenvalue weighted by Crippen LogP contribution is -2.10. The van der Waals surface area contributed by atoms with Crippen molar-refractivity contribution < 1.29 is 27.3 Å². The molecule has 0 saturated heterocycles. The van der Waals surface area contributed by atoms with Gasteiger partial charge in [0.2, 0.25) is 0 Å². The van der Waals surface area contributed by atoms with E-state index in [0.717, 1.165) is 11.3 Å². The van der Waals surface area contributed by atoms with Gasteiger partial charge in [0.15, 0.2) is 0 Å². The molecule has 0 aliphatic rings. The Balaban J connectivity index is 1.79. The van der Waals surface area contributed by atoms with E-state index >= 15 is 0 Å². The van der Waals surface area contributed by atoms with Crippen molar-refractivity contribution in [3.63, 3.8) is 0 Å². The fourth-order valence-electron chi connectivity index (χ4n) is 2.53. The summed E-state index contributed by atoms with van der Waals surface area (Å²) in [4.78, 5) is 27.3. The van der Waals surface area contributed by atoms with E-state index in [1.165, 1.54) is 0 Å². The smallest absolute Gasteiger partial charge is 0.345 e. The highest BCUT2D eigenvalue weighted by molar-refractivity contribution is 7.85. The number of hydrogen-bond acceptors (Lipinski definition) is 8. The van der Waals surface area contributed by atoms with E-state index < -0.39 is 21.7 Å². The first-order valence-corrected chi connectivity index (χ1v) is 10.6. The van der Waals surface area contributed by atoms with Gasteiger partial charge in [0, 0.05) is 29.1 Å². The Morgan fingerprint density at radius 3 is 2.79 bits per heavy atom. The Kier molecular flexibility index (Phi) is 5.77. The summed E-state index contributed by atoms with van der Waals surface area (Å²) in [5.74, 6) is -1.34. The van der Waals surface area contributed by atoms with Crippen molar-refractivity contribution in [3.05, 3.63) is 45.1 Å². The van der Waals surface area contributed by atoms with Crippen LogP contribution in [0.4, 0.5) is 5.69 Å². The predicted molar refractivity (Wildman–Crippen MR) is 104 cm³/mol. The molecule has 0 saturated carbocycles. The summed E-state index contributed by atoms with van der Waals surface area (Å²) in [5.41, 5.74) is 0.993. The van der Waals surface area contributed by atoms with Gasteiger partial charge in [-0.25, -0.2) is 9.78 Å². The first-order chi connectivity index (χ1) is 13.2. The summed E-state index contributed by atoms with van der Waals surface area (Å²) >= 11 is 1.16. The van der Waals surface area contributed by atoms with Gasteiger partial charge in [-0.15, -0.1) is 11.3 Å². The first kappa shape index (κ1) is 20.0. The van der Waals surface area contributed by atoms with Crippen LogP contribution in [0.2, 0.25) is 0 Å². The monoisotopic (exact) mass is 424 g/mol. The highest BCUT2D eigenvalue weighted by Gasteiger charge is 2.13. The average molecular weight is 424 g/mol. The van der Waals surface area contributed by atoms with Crippen molar-refractivity contribution >= 4 is 44.1 Å². The molecule has 0 aliphatic carbocycles. The van der Waals surface area contributed by atoms with Gasteiger partial charge in [0.25, 0.3) is 10.1 Å². The molecule has 3 rings (SSSR count). The van der Waals surface area contributed by atoms with Gasteiger partial charge in [-0.2, -0.15) is 8.42 Å². The zero-order chi connectivity index (χ0) is 20.3. The van der Waals surface area contributed by atoms with Gasteiger partial charge in [-0.1, -0.05) is 0 Å². The summed E-state index contributed by atoms with van der Waals surface area (Å²) < 4.78 is 35.5. The SMILES string of the molecule is O=C(O)Cc1nc(-c2cc3ccc(NCCCS(=O)(=O)O)cc3oc2=O)cs1. The Bertz CT molecular complexity index is 1180. The van der Waals surface area contributed by atoms with Crippen LogP contribution in [0.15, 0.2) is 38.9 Å². The van der Waals surface area contributed by atoms with Crippen LogP contribution < -0.4 is 10.9 Å². The minimum atomic E-state index is -3.99. The minimum absolute atomic E-state index is 0.212. The molecule has 0 fully saturated rings. The van der Waals surface area contributed by atoms with E-state index in [2.05, 4.69) is 10.3 Å². The molecule has 3 aromatic rings. The fourth-order valence-corrected chi connectivity index (χ4v) is 3.83. The highest BCUT2D eigenvalue weighted by Crippen LogP contribution is 2.25. The third-order valence-corrected chi connectivity index (χ3v) is 5.43. The summed E-state index contributed by atoms with van der Waals surface area (Å²) in [6, 6.07) is 6.72. The summed E-state index contributed by atoms with van der Waals surface area (Å²) in [6.07, 6.45) is 0.0124. The number of hydrogen-bond donors (Lipinski definition) is 3. The molecule has 148 valence electrons. The second-order valence-electron chi connectivity index (χ2n) is 5.96. The number of anilines is 1. The van der Waals surface area contributed by atoms with Crippen molar-refractivity contribution in [3.8, 4) is 11.3 Å². The average Bonchev–Trinajstić information content (AvgIpc) is 3.04. The Hall–Kier alpha value is -2.76. The van der Waals surface area contributed by atoms with Crippen LogP contribution in [0.3, 0.4) is 0 Å². The van der Waals surface area contributed by atoms with E-state index in [0.29, 0.717) is 33.9 Å². The minimum Gasteiger partial charge on any atom is -0.481 e. The van der Waals surface area contributed by atoms with Gasteiger partial charge in [-0.05, 0) is 24.6 Å². The van der Waals surface area contributed by atoms with Crippen molar-refractivity contribution in [2.75, 3.05) is 17.6 Å². The number of nitrogens with zero attached hydrogens (tertiary/aromatic N) is 1. The van der Waals surface area contributed by atoms with Gasteiger partial charge >= 0.3 is 11.6 Å². The molecule has 2 aromatic heterocycles. The maximum absolute atomic E-state index is 12.3. The number of carboxylic acids is 1. The van der Waals surface area contributed by atoms with E-state index in [9.17, 15) is 18.0 Å². The molecule has 3 N–H and O–H groups in total. The molecule has 0 atom stereocenters. The Labute approximate surface area is 163 Å². The van der Waals surface area contributed by atoms with Gasteiger partial charge in [0.05, 0.1) is 23.4 Å². The number of fused-ring (bicyclic) bond motifs is 1. The number of benzene rings is 1. The van der Waals surface area contributed by atoms with Crippen molar-refractivity contribution in [2.45, 2.75) is 12.8 Å². The highest BCUT2D eigenvalue weighted by atomic mass is 32.2. The van der Waals surface area contributed by atoms with Crippen molar-refractivity contribution in [1.29, 1.82) is 0 Å². The summed E-state index contributed by atoms with van der Waals surface area (Å²) in [6.45, 7) is 0.318. The molecule has 0 bridgehead atoms. The fraction of sp³-hybridized carbons (Fsp3) is 0.235. The topological polar surface area (TPSA) is 147 Å². The number of rotatable bonds is 8. The van der Waals surface area contributed by atoms with Gasteiger partial charge in [-0.3, -0.25) is 9.35 Å². The molecule has 9 nitrogen and oxygen atoms in total. The molecule has 0 unspecified atom stereocenters.